The van der Waals surface area contributed by atoms with Crippen LogP contribution >= 0.6 is 0 Å². The van der Waals surface area contributed by atoms with Crippen LogP contribution in [0.2, 0.25) is 0 Å². The number of methoxy groups -OCH3 is 1. The van der Waals surface area contributed by atoms with Gasteiger partial charge in [-0.05, 0) is 103 Å². The molecule has 32 heavy (non-hydrogen) atoms. The van der Waals surface area contributed by atoms with Crippen molar-refractivity contribution in [1.82, 2.24) is 0 Å². The Morgan fingerprint density at radius 2 is 1.38 bits per heavy atom. The fourth-order valence-electron chi connectivity index (χ4n) is 3.37. The van der Waals surface area contributed by atoms with E-state index in [1.807, 2.05) is 12.1 Å². The molecule has 0 aliphatic rings. The highest BCUT2D eigenvalue weighted by atomic mass is 16.7. The average molecular weight is 439 g/mol. The third kappa shape index (κ3) is 12.5. The van der Waals surface area contributed by atoms with Crippen molar-refractivity contribution in [3.05, 3.63) is 75.9 Å². The van der Waals surface area contributed by atoms with Crippen molar-refractivity contribution in [1.29, 1.82) is 0 Å². The molecule has 0 N–H and O–H groups in total. The molecule has 3 nitrogen and oxygen atoms in total. The predicted octanol–water partition coefficient (Wildman–Crippen LogP) is 8.17. The molecule has 0 aliphatic carbocycles. The van der Waals surface area contributed by atoms with E-state index in [1.165, 1.54) is 22.3 Å². The third-order valence-corrected chi connectivity index (χ3v) is 5.38. The van der Waals surface area contributed by atoms with Gasteiger partial charge in [0.1, 0.15) is 12.0 Å². The summed E-state index contributed by atoms with van der Waals surface area (Å²) in [5.74, 6) is 0.765. The Labute approximate surface area is 195 Å². The lowest BCUT2D eigenvalue weighted by atomic mass is 10.0. The van der Waals surface area contributed by atoms with Gasteiger partial charge in [0, 0.05) is 12.7 Å². The normalized spacial score (nSPS) is 12.6. The van der Waals surface area contributed by atoms with E-state index in [2.05, 4.69) is 58.9 Å². The first-order valence-electron chi connectivity index (χ1n) is 11.7. The first kappa shape index (κ1) is 27.6. The largest absolute Gasteiger partial charge is 0.467 e. The number of hydrogen-bond donors (Lipinski definition) is 0. The molecule has 0 bridgehead atoms. The van der Waals surface area contributed by atoms with Gasteiger partial charge in [0.25, 0.3) is 0 Å². The number of rotatable bonds is 15. The Morgan fingerprint density at radius 1 is 0.812 bits per heavy atom. The van der Waals surface area contributed by atoms with Gasteiger partial charge in [0.05, 0.1) is 0 Å². The number of aldehydes is 1. The van der Waals surface area contributed by atoms with E-state index in [0.717, 1.165) is 62.5 Å². The highest BCUT2D eigenvalue weighted by molar-refractivity contribution is 5.75. The van der Waals surface area contributed by atoms with Crippen LogP contribution < -0.4 is 4.74 Å². The molecule has 0 spiro atoms. The highest BCUT2D eigenvalue weighted by Crippen LogP contribution is 2.22. The maximum Gasteiger partial charge on any atom is 0.188 e. The monoisotopic (exact) mass is 438 g/mol. The second kappa shape index (κ2) is 16.3. The molecule has 0 aromatic heterocycles. The first-order chi connectivity index (χ1) is 15.3. The molecule has 1 aromatic carbocycles. The van der Waals surface area contributed by atoms with Crippen LogP contribution in [-0.2, 0) is 11.2 Å². The van der Waals surface area contributed by atoms with Gasteiger partial charge in [-0.3, -0.25) is 4.79 Å². The molecule has 0 saturated carbocycles. The van der Waals surface area contributed by atoms with E-state index in [1.54, 1.807) is 13.2 Å². The van der Waals surface area contributed by atoms with Gasteiger partial charge in [-0.1, -0.05) is 46.6 Å². The van der Waals surface area contributed by atoms with Gasteiger partial charge in [0.2, 0.25) is 0 Å². The minimum atomic E-state index is 0.199. The summed E-state index contributed by atoms with van der Waals surface area (Å²) in [5.41, 5.74) is 7.36. The Balaban J connectivity index is 2.49. The Morgan fingerprint density at radius 3 is 1.91 bits per heavy atom. The van der Waals surface area contributed by atoms with Crippen molar-refractivity contribution in [3.63, 3.8) is 0 Å². The molecule has 0 amide bonds. The summed E-state index contributed by atoms with van der Waals surface area (Å²) < 4.78 is 10.6. The van der Waals surface area contributed by atoms with E-state index < -0.39 is 0 Å². The van der Waals surface area contributed by atoms with Crippen molar-refractivity contribution < 1.29 is 14.3 Å². The highest BCUT2D eigenvalue weighted by Gasteiger charge is 2.05. The number of allylic oxidation sites excluding steroid dienone is 8. The van der Waals surface area contributed by atoms with Crippen LogP contribution in [0.25, 0.3) is 0 Å². The molecule has 0 radical (unpaired) electrons. The van der Waals surface area contributed by atoms with Gasteiger partial charge in [-0.2, -0.15) is 0 Å². The molecular weight excluding hydrogens is 396 g/mol. The minimum absolute atomic E-state index is 0.199. The van der Waals surface area contributed by atoms with E-state index in [9.17, 15) is 4.79 Å². The second-order valence-corrected chi connectivity index (χ2v) is 8.79. The van der Waals surface area contributed by atoms with Crippen molar-refractivity contribution in [2.24, 2.45) is 0 Å². The molecule has 0 heterocycles. The van der Waals surface area contributed by atoms with Gasteiger partial charge in [0.15, 0.2) is 6.79 Å². The Hall–Kier alpha value is -2.39. The lowest BCUT2D eigenvalue weighted by Crippen LogP contribution is -2.02. The fraction of sp³-hybridized carbons (Fsp3) is 0.483. The molecule has 1 rings (SSSR count). The first-order valence-corrected chi connectivity index (χ1v) is 11.7. The summed E-state index contributed by atoms with van der Waals surface area (Å²) in [6.45, 7) is 11.2. The second-order valence-electron chi connectivity index (χ2n) is 8.79. The summed E-state index contributed by atoms with van der Waals surface area (Å²) in [7, 11) is 1.60. The van der Waals surface area contributed by atoms with E-state index >= 15 is 0 Å². The molecule has 1 aromatic rings. The zero-order chi connectivity index (χ0) is 23.8. The Kier molecular flexibility index (Phi) is 14.1. The van der Waals surface area contributed by atoms with Crippen molar-refractivity contribution >= 4 is 6.29 Å². The number of hydrogen-bond acceptors (Lipinski definition) is 3. The summed E-state index contributed by atoms with van der Waals surface area (Å²) in [4.78, 5) is 11.1. The summed E-state index contributed by atoms with van der Waals surface area (Å²) in [6, 6.07) is 5.50. The maximum atomic E-state index is 11.1. The SMILES string of the molecule is COCOc1ccc(C=O)cc1CC=C(C)CCC=C(C)CCC=C(C)CCC=C(C)C. The van der Waals surface area contributed by atoms with Crippen LogP contribution in [-0.4, -0.2) is 20.2 Å². The quantitative estimate of drug-likeness (QED) is 0.157. The zero-order valence-electron chi connectivity index (χ0n) is 21.0. The summed E-state index contributed by atoms with van der Waals surface area (Å²) >= 11 is 0. The molecule has 3 heteroatoms. The molecular formula is C29H42O3. The molecule has 0 atom stereocenters. The van der Waals surface area contributed by atoms with Crippen LogP contribution in [0.1, 0.15) is 89.1 Å². The molecule has 0 fully saturated rings. The molecule has 0 unspecified atom stereocenters. The van der Waals surface area contributed by atoms with Gasteiger partial charge in [-0.25, -0.2) is 0 Å². The van der Waals surface area contributed by atoms with Crippen LogP contribution in [0.5, 0.6) is 5.75 Å². The van der Waals surface area contributed by atoms with Gasteiger partial charge < -0.3 is 9.47 Å². The fourth-order valence-corrected chi connectivity index (χ4v) is 3.37. The predicted molar refractivity (Wildman–Crippen MR) is 136 cm³/mol. The van der Waals surface area contributed by atoms with Crippen molar-refractivity contribution in [2.75, 3.05) is 13.9 Å². The average Bonchev–Trinajstić information content (AvgIpc) is 2.76. The van der Waals surface area contributed by atoms with Crippen LogP contribution in [0.15, 0.2) is 64.8 Å². The lowest BCUT2D eigenvalue weighted by Gasteiger charge is -2.10. The molecule has 176 valence electrons. The maximum absolute atomic E-state index is 11.1. The van der Waals surface area contributed by atoms with E-state index in [4.69, 9.17) is 9.47 Å². The topological polar surface area (TPSA) is 35.5 Å². The van der Waals surface area contributed by atoms with Crippen LogP contribution in [0, 0.1) is 0 Å². The molecule has 0 saturated heterocycles. The third-order valence-electron chi connectivity index (χ3n) is 5.38. The van der Waals surface area contributed by atoms with E-state index in [0.29, 0.717) is 5.56 Å². The zero-order valence-corrected chi connectivity index (χ0v) is 21.0. The van der Waals surface area contributed by atoms with E-state index in [-0.39, 0.29) is 6.79 Å². The van der Waals surface area contributed by atoms with Crippen LogP contribution in [0.3, 0.4) is 0 Å². The minimum Gasteiger partial charge on any atom is -0.467 e. The van der Waals surface area contributed by atoms with Gasteiger partial charge in [-0.15, -0.1) is 0 Å². The molecule has 0 aliphatic heterocycles. The van der Waals surface area contributed by atoms with Crippen molar-refractivity contribution in [3.8, 4) is 5.75 Å². The lowest BCUT2D eigenvalue weighted by molar-refractivity contribution is 0.0505. The van der Waals surface area contributed by atoms with Crippen LogP contribution in [0.4, 0.5) is 0 Å². The smallest absolute Gasteiger partial charge is 0.188 e. The number of carbonyl (C=O) groups excluding carboxylic acids is 1. The Bertz CT molecular complexity index is 821. The number of carbonyl (C=O) groups is 1. The van der Waals surface area contributed by atoms with Gasteiger partial charge >= 0.3 is 0 Å². The number of ether oxygens (including phenoxy) is 2. The standard InChI is InChI=1S/C29H42O3/c1-23(2)10-7-11-24(3)12-8-13-25(4)14-9-15-26(5)16-18-28-20-27(21-30)17-19-29(28)32-22-31-6/h10,12,14,16-17,19-21H,7-9,11,13,15,18,22H2,1-6H3. The number of benzene rings is 1. The van der Waals surface area contributed by atoms with Crippen molar-refractivity contribution in [2.45, 2.75) is 79.6 Å². The summed E-state index contributed by atoms with van der Waals surface area (Å²) in [6.07, 6.45) is 17.5. The summed E-state index contributed by atoms with van der Waals surface area (Å²) in [5, 5.41) is 0.